The standard InChI is InChI=1S/C24BF19O2/c26-6-1-3(10(30)16(36)14(6)34)23(43,21(41)8(1)28)45-25(5-12(32)18(38)20(40)19(39)13(5)33)46-24(44)4-2(9(29)22(24)42)7(27)15(35)17(37)11(4)31. The lowest BCUT2D eigenvalue weighted by molar-refractivity contribution is -0.113. The van der Waals surface area contributed by atoms with Gasteiger partial charge in [-0.05, 0) is 0 Å². The van der Waals surface area contributed by atoms with Gasteiger partial charge < -0.3 is 9.31 Å². The van der Waals surface area contributed by atoms with Crippen molar-refractivity contribution >= 4 is 24.2 Å². The van der Waals surface area contributed by atoms with Crippen molar-refractivity contribution in [1.82, 2.24) is 0 Å². The van der Waals surface area contributed by atoms with Gasteiger partial charge in [-0.3, -0.25) is 0 Å². The molecule has 0 saturated carbocycles. The van der Waals surface area contributed by atoms with Gasteiger partial charge in [-0.1, -0.05) is 0 Å². The molecule has 0 bridgehead atoms. The molecule has 0 aliphatic heterocycles. The number of rotatable bonds is 5. The maximum atomic E-state index is 16.0. The van der Waals surface area contributed by atoms with Gasteiger partial charge in [-0.25, -0.2) is 74.6 Å². The predicted octanol–water partition coefficient (Wildman–Crippen LogP) is 8.11. The number of hydrogen-bond acceptors (Lipinski definition) is 2. The zero-order chi connectivity index (χ0) is 34.7. The van der Waals surface area contributed by atoms with Gasteiger partial charge in [-0.2, -0.15) is 8.78 Å². The summed E-state index contributed by atoms with van der Waals surface area (Å²) in [5, 5.41) is 0. The molecule has 0 fully saturated rings. The first-order chi connectivity index (χ1) is 21.2. The van der Waals surface area contributed by atoms with Crippen LogP contribution in [0, 0.1) is 75.6 Å². The molecule has 2 nitrogen and oxygen atoms in total. The van der Waals surface area contributed by atoms with Crippen molar-refractivity contribution in [2.75, 3.05) is 0 Å². The predicted molar refractivity (Wildman–Crippen MR) is 110 cm³/mol. The maximum absolute atomic E-state index is 16.0. The van der Waals surface area contributed by atoms with Gasteiger partial charge in [0.2, 0.25) is 11.7 Å². The Hall–Kier alpha value is -4.21. The molecule has 0 spiro atoms. The van der Waals surface area contributed by atoms with Crippen molar-refractivity contribution in [3.8, 4) is 0 Å². The number of alkyl halides is 2. The van der Waals surface area contributed by atoms with Crippen LogP contribution < -0.4 is 5.46 Å². The highest BCUT2D eigenvalue weighted by molar-refractivity contribution is 6.61. The molecule has 0 saturated heterocycles. The Morgan fingerprint density at radius 3 is 0.935 bits per heavy atom. The van der Waals surface area contributed by atoms with Crippen LogP contribution in [0.3, 0.4) is 0 Å². The summed E-state index contributed by atoms with van der Waals surface area (Å²) in [5.74, 6) is -64.4. The third-order valence-corrected chi connectivity index (χ3v) is 6.58. The van der Waals surface area contributed by atoms with Crippen LogP contribution in [0.15, 0.2) is 11.7 Å². The minimum Gasteiger partial charge on any atom is -0.366 e. The first-order valence-corrected chi connectivity index (χ1v) is 11.3. The van der Waals surface area contributed by atoms with E-state index in [2.05, 4.69) is 9.31 Å². The van der Waals surface area contributed by atoms with E-state index >= 15 is 8.78 Å². The SMILES string of the molecule is FC1=C(F)C(F)(OB(OC2(F)C(F)=C(F)c3c(F)c(F)c(F)c(F)c32)c2c(F)c(F)c(F)c(F)c2F)c2c(F)c(F)c(F)c(F)c21. The van der Waals surface area contributed by atoms with E-state index in [1.54, 1.807) is 0 Å². The Morgan fingerprint density at radius 1 is 0.348 bits per heavy atom. The Morgan fingerprint density at radius 2 is 0.609 bits per heavy atom. The average molecular weight is 692 g/mol. The summed E-state index contributed by atoms with van der Waals surface area (Å²) in [7, 11) is -4.57. The Bertz CT molecular complexity index is 1840. The lowest BCUT2D eigenvalue weighted by Gasteiger charge is -2.31. The zero-order valence-electron chi connectivity index (χ0n) is 20.6. The fraction of sp³-hybridized carbons (Fsp3) is 0.0833. The van der Waals surface area contributed by atoms with Crippen LogP contribution in [0.5, 0.6) is 0 Å². The van der Waals surface area contributed by atoms with E-state index in [-0.39, 0.29) is 0 Å². The smallest absolute Gasteiger partial charge is 0.366 e. The van der Waals surface area contributed by atoms with E-state index in [1.807, 2.05) is 0 Å². The second-order valence-electron chi connectivity index (χ2n) is 9.01. The van der Waals surface area contributed by atoms with Crippen LogP contribution in [0.1, 0.15) is 22.3 Å². The lowest BCUT2D eigenvalue weighted by atomic mass is 9.76. The molecule has 2 aliphatic rings. The molecule has 0 radical (unpaired) electrons. The zero-order valence-corrected chi connectivity index (χ0v) is 20.6. The summed E-state index contributed by atoms with van der Waals surface area (Å²) in [6.45, 7) is 0. The first-order valence-electron chi connectivity index (χ1n) is 11.3. The van der Waals surface area contributed by atoms with Crippen molar-refractivity contribution in [2.45, 2.75) is 11.7 Å². The summed E-state index contributed by atoms with van der Waals surface area (Å²) in [6.07, 6.45) is 0. The van der Waals surface area contributed by atoms with Gasteiger partial charge in [0.15, 0.2) is 87.3 Å². The molecule has 5 rings (SSSR count). The molecular weight excluding hydrogens is 692 g/mol. The fourth-order valence-corrected chi connectivity index (χ4v) is 4.49. The van der Waals surface area contributed by atoms with Crippen LogP contribution in [0.4, 0.5) is 83.4 Å². The molecule has 22 heteroatoms. The maximum Gasteiger partial charge on any atom is 0.505 e. The molecule has 0 aromatic heterocycles. The quantitative estimate of drug-likeness (QED) is 0.117. The van der Waals surface area contributed by atoms with Gasteiger partial charge in [-0.15, -0.1) is 0 Å². The normalized spacial score (nSPS) is 20.7. The molecule has 0 amide bonds. The van der Waals surface area contributed by atoms with Crippen LogP contribution in [0.25, 0.3) is 11.7 Å². The van der Waals surface area contributed by atoms with E-state index in [4.69, 9.17) is 0 Å². The number of hydrogen-bond donors (Lipinski definition) is 0. The second kappa shape index (κ2) is 10.4. The number of fused-ring (bicyclic) bond motifs is 2. The van der Waals surface area contributed by atoms with Crippen LogP contribution in [0.2, 0.25) is 0 Å². The fourth-order valence-electron chi connectivity index (χ4n) is 4.49. The summed E-state index contributed by atoms with van der Waals surface area (Å²) < 4.78 is 282. The highest BCUT2D eigenvalue weighted by Crippen LogP contribution is 2.55. The van der Waals surface area contributed by atoms with E-state index in [1.165, 1.54) is 0 Å². The van der Waals surface area contributed by atoms with Crippen LogP contribution in [-0.4, -0.2) is 7.12 Å². The molecule has 46 heavy (non-hydrogen) atoms. The molecule has 0 heterocycles. The van der Waals surface area contributed by atoms with Crippen LogP contribution in [-0.2, 0) is 21.0 Å². The number of halogens is 19. The number of benzene rings is 3. The summed E-state index contributed by atoms with van der Waals surface area (Å²) in [5.41, 5.74) is -13.7. The third kappa shape index (κ3) is 4.04. The van der Waals surface area contributed by atoms with Crippen LogP contribution >= 0.6 is 0 Å². The summed E-state index contributed by atoms with van der Waals surface area (Å²) in [4.78, 5) is 0. The van der Waals surface area contributed by atoms with E-state index < -0.39 is 145 Å². The van der Waals surface area contributed by atoms with Gasteiger partial charge >= 0.3 is 7.12 Å². The summed E-state index contributed by atoms with van der Waals surface area (Å²) in [6, 6.07) is 0. The Balaban J connectivity index is 1.83. The molecule has 3 aromatic carbocycles. The molecular formula is C24BF19O2. The average Bonchev–Trinajstić information content (AvgIpc) is 3.33. The molecule has 0 N–H and O–H groups in total. The second-order valence-corrected chi connectivity index (χ2v) is 9.01. The van der Waals surface area contributed by atoms with E-state index in [9.17, 15) is 74.6 Å². The minimum absolute atomic E-state index is 2.54. The van der Waals surface area contributed by atoms with Gasteiger partial charge in [0.05, 0.1) is 27.7 Å². The summed E-state index contributed by atoms with van der Waals surface area (Å²) >= 11 is 0. The van der Waals surface area contributed by atoms with Crippen molar-refractivity contribution in [2.24, 2.45) is 0 Å². The van der Waals surface area contributed by atoms with Crippen molar-refractivity contribution in [3.05, 3.63) is 110 Å². The monoisotopic (exact) mass is 692 g/mol. The molecule has 2 unspecified atom stereocenters. The van der Waals surface area contributed by atoms with Crippen molar-refractivity contribution in [1.29, 1.82) is 0 Å². The minimum atomic E-state index is -5.57. The van der Waals surface area contributed by atoms with Gasteiger partial charge in [0, 0.05) is 0 Å². The topological polar surface area (TPSA) is 18.5 Å². The Labute approximate surface area is 239 Å². The molecule has 2 atom stereocenters. The van der Waals surface area contributed by atoms with E-state index in [0.29, 0.717) is 0 Å². The molecule has 3 aromatic rings. The van der Waals surface area contributed by atoms with E-state index in [0.717, 1.165) is 0 Å². The van der Waals surface area contributed by atoms with Gasteiger partial charge in [0.1, 0.15) is 0 Å². The van der Waals surface area contributed by atoms with Crippen molar-refractivity contribution in [3.63, 3.8) is 0 Å². The van der Waals surface area contributed by atoms with Gasteiger partial charge in [0.25, 0.3) is 11.7 Å². The first kappa shape index (κ1) is 33.2. The lowest BCUT2D eigenvalue weighted by Crippen LogP contribution is -2.51. The Kier molecular flexibility index (Phi) is 7.50. The third-order valence-electron chi connectivity index (χ3n) is 6.58. The van der Waals surface area contributed by atoms with Crippen molar-refractivity contribution < 1.29 is 92.7 Å². The molecule has 2 aliphatic carbocycles. The highest BCUT2D eigenvalue weighted by atomic mass is 19.2. The highest BCUT2D eigenvalue weighted by Gasteiger charge is 2.61. The largest absolute Gasteiger partial charge is 0.505 e. The molecule has 244 valence electrons.